The van der Waals surface area contributed by atoms with Crippen molar-refractivity contribution < 1.29 is 19.4 Å². The first kappa shape index (κ1) is 19.9. The van der Waals surface area contributed by atoms with Gasteiger partial charge in [-0.25, -0.2) is 0 Å². The lowest BCUT2D eigenvalue weighted by Crippen LogP contribution is -2.46. The Balaban J connectivity index is 1.80. The summed E-state index contributed by atoms with van der Waals surface area (Å²) in [5, 5.41) is 10.3. The fraction of sp³-hybridized carbons (Fsp3) is 0.556. The second-order valence-electron chi connectivity index (χ2n) is 6.33. The summed E-state index contributed by atoms with van der Waals surface area (Å²) in [5.41, 5.74) is 0. The molecule has 2 atom stereocenters. The van der Waals surface area contributed by atoms with Gasteiger partial charge in [0.2, 0.25) is 5.91 Å². The summed E-state index contributed by atoms with van der Waals surface area (Å²) in [6.45, 7) is 0.355. The smallest absolute Gasteiger partial charge is 0.308 e. The highest BCUT2D eigenvalue weighted by Gasteiger charge is 2.35. The van der Waals surface area contributed by atoms with Crippen molar-refractivity contribution in [3.63, 3.8) is 0 Å². The van der Waals surface area contributed by atoms with Crippen LogP contribution in [0.4, 0.5) is 0 Å². The zero-order chi connectivity index (χ0) is 18.4. The number of carbonyl (C=O) groups excluding carboxylic acids is 1. The molecule has 1 N–H and O–H groups in total. The van der Waals surface area contributed by atoms with Gasteiger partial charge in [-0.15, -0.1) is 0 Å². The van der Waals surface area contributed by atoms with E-state index in [1.54, 1.807) is 30.1 Å². The third-order valence-electron chi connectivity index (χ3n) is 4.62. The zero-order valence-electron chi connectivity index (χ0n) is 14.2. The van der Waals surface area contributed by atoms with E-state index in [4.69, 9.17) is 27.9 Å². The molecule has 1 saturated carbocycles. The molecule has 1 fully saturated rings. The van der Waals surface area contributed by atoms with E-state index < -0.39 is 11.9 Å². The van der Waals surface area contributed by atoms with Crippen LogP contribution in [0.2, 0.25) is 10.0 Å². The van der Waals surface area contributed by atoms with E-state index >= 15 is 0 Å². The zero-order valence-corrected chi connectivity index (χ0v) is 15.7. The van der Waals surface area contributed by atoms with Crippen molar-refractivity contribution in [2.45, 2.75) is 44.6 Å². The van der Waals surface area contributed by atoms with E-state index in [1.807, 2.05) is 0 Å². The molecule has 0 spiro atoms. The van der Waals surface area contributed by atoms with E-state index in [0.717, 1.165) is 19.3 Å². The Morgan fingerprint density at radius 1 is 1.28 bits per heavy atom. The van der Waals surface area contributed by atoms with Crippen molar-refractivity contribution in [3.8, 4) is 5.75 Å². The molecule has 2 rings (SSSR count). The molecule has 0 aromatic heterocycles. The molecule has 2 unspecified atom stereocenters. The third-order valence-corrected chi connectivity index (χ3v) is 5.15. The highest BCUT2D eigenvalue weighted by atomic mass is 35.5. The van der Waals surface area contributed by atoms with Crippen molar-refractivity contribution in [3.05, 3.63) is 28.2 Å². The number of benzene rings is 1. The molecule has 5 nitrogen and oxygen atoms in total. The highest BCUT2D eigenvalue weighted by molar-refractivity contribution is 6.35. The minimum atomic E-state index is -0.815. The number of carboxylic acid groups (broad SMARTS) is 1. The Bertz CT molecular complexity index is 623. The van der Waals surface area contributed by atoms with Crippen LogP contribution in [0, 0.1) is 5.92 Å². The molecule has 0 heterocycles. The van der Waals surface area contributed by atoms with Gasteiger partial charge < -0.3 is 14.7 Å². The molecule has 1 aliphatic rings. The van der Waals surface area contributed by atoms with Crippen LogP contribution >= 0.6 is 23.2 Å². The Labute approximate surface area is 157 Å². The van der Waals surface area contributed by atoms with Crippen LogP contribution < -0.4 is 4.74 Å². The molecule has 1 amide bonds. The Hall–Kier alpha value is -1.46. The number of hydrogen-bond donors (Lipinski definition) is 1. The average molecular weight is 388 g/mol. The predicted octanol–water partition coefficient (Wildman–Crippen LogP) is 4.25. The summed E-state index contributed by atoms with van der Waals surface area (Å²) in [6, 6.07) is 4.77. The fourth-order valence-corrected chi connectivity index (χ4v) is 3.69. The second kappa shape index (κ2) is 9.30. The number of halogens is 2. The quantitative estimate of drug-likeness (QED) is 0.709. The third kappa shape index (κ3) is 5.51. The number of ether oxygens (including phenoxy) is 1. The first-order valence-corrected chi connectivity index (χ1v) is 9.22. The maximum absolute atomic E-state index is 12.4. The van der Waals surface area contributed by atoms with Crippen molar-refractivity contribution in [2.24, 2.45) is 5.92 Å². The Kier molecular flexibility index (Phi) is 7.38. The number of aliphatic carboxylic acids is 1. The monoisotopic (exact) mass is 387 g/mol. The van der Waals surface area contributed by atoms with E-state index in [-0.39, 0.29) is 11.9 Å². The van der Waals surface area contributed by atoms with E-state index in [0.29, 0.717) is 41.7 Å². The second-order valence-corrected chi connectivity index (χ2v) is 7.17. The van der Waals surface area contributed by atoms with Gasteiger partial charge in [-0.3, -0.25) is 9.59 Å². The molecule has 138 valence electrons. The molecular weight excluding hydrogens is 365 g/mol. The standard InChI is InChI=1S/C18H23Cl2NO4/c1-21(15-6-3-2-5-13(15)18(23)24)17(22)7-4-10-25-16-9-8-12(19)11-14(16)20/h8-9,11,13,15H,2-7,10H2,1H3,(H,23,24). The van der Waals surface area contributed by atoms with Gasteiger partial charge in [0, 0.05) is 24.5 Å². The minimum Gasteiger partial charge on any atom is -0.492 e. The normalized spacial score (nSPS) is 20.1. The maximum Gasteiger partial charge on any atom is 0.308 e. The molecular formula is C18H23Cl2NO4. The van der Waals surface area contributed by atoms with Gasteiger partial charge in [0.05, 0.1) is 17.5 Å². The molecule has 0 saturated heterocycles. The summed E-state index contributed by atoms with van der Waals surface area (Å²) in [5.74, 6) is -0.800. The number of hydrogen-bond acceptors (Lipinski definition) is 3. The summed E-state index contributed by atoms with van der Waals surface area (Å²) in [7, 11) is 1.70. The van der Waals surface area contributed by atoms with Gasteiger partial charge in [-0.05, 0) is 37.5 Å². The molecule has 0 bridgehead atoms. The number of carboxylic acids is 1. The number of carbonyl (C=O) groups is 2. The van der Waals surface area contributed by atoms with Crippen molar-refractivity contribution in [2.75, 3.05) is 13.7 Å². The predicted molar refractivity (Wildman–Crippen MR) is 97.3 cm³/mol. The molecule has 1 aromatic rings. The van der Waals surface area contributed by atoms with Crippen LogP contribution in [0.15, 0.2) is 18.2 Å². The Morgan fingerprint density at radius 3 is 2.68 bits per heavy atom. The van der Waals surface area contributed by atoms with Gasteiger partial charge in [0.1, 0.15) is 5.75 Å². The number of amides is 1. The Morgan fingerprint density at radius 2 is 2.00 bits per heavy atom. The van der Waals surface area contributed by atoms with Crippen molar-refractivity contribution in [1.82, 2.24) is 4.90 Å². The van der Waals surface area contributed by atoms with Crippen LogP contribution in [0.1, 0.15) is 38.5 Å². The first-order chi connectivity index (χ1) is 11.9. The van der Waals surface area contributed by atoms with Gasteiger partial charge >= 0.3 is 5.97 Å². The lowest BCUT2D eigenvalue weighted by atomic mass is 9.83. The lowest BCUT2D eigenvalue weighted by molar-refractivity contribution is -0.147. The van der Waals surface area contributed by atoms with Crippen LogP contribution in [-0.2, 0) is 9.59 Å². The van der Waals surface area contributed by atoms with Gasteiger partial charge in [0.15, 0.2) is 0 Å². The SMILES string of the molecule is CN(C(=O)CCCOc1ccc(Cl)cc1Cl)C1CCCCC1C(=O)O. The average Bonchev–Trinajstić information content (AvgIpc) is 2.59. The molecule has 1 aromatic carbocycles. The van der Waals surface area contributed by atoms with E-state index in [2.05, 4.69) is 0 Å². The van der Waals surface area contributed by atoms with Crippen LogP contribution in [-0.4, -0.2) is 41.6 Å². The largest absolute Gasteiger partial charge is 0.492 e. The molecule has 0 radical (unpaired) electrons. The molecule has 7 heteroatoms. The van der Waals surface area contributed by atoms with Crippen molar-refractivity contribution in [1.29, 1.82) is 0 Å². The van der Waals surface area contributed by atoms with E-state index in [9.17, 15) is 14.7 Å². The lowest BCUT2D eigenvalue weighted by Gasteiger charge is -2.35. The van der Waals surface area contributed by atoms with Gasteiger partial charge in [0.25, 0.3) is 0 Å². The van der Waals surface area contributed by atoms with Crippen LogP contribution in [0.3, 0.4) is 0 Å². The number of nitrogens with zero attached hydrogens (tertiary/aromatic N) is 1. The molecule has 0 aliphatic heterocycles. The summed E-state index contributed by atoms with van der Waals surface area (Å²) < 4.78 is 5.57. The number of rotatable bonds is 7. The highest BCUT2D eigenvalue weighted by Crippen LogP contribution is 2.29. The summed E-state index contributed by atoms with van der Waals surface area (Å²) in [6.07, 6.45) is 4.10. The topological polar surface area (TPSA) is 66.8 Å². The summed E-state index contributed by atoms with van der Waals surface area (Å²) in [4.78, 5) is 25.4. The molecule has 1 aliphatic carbocycles. The van der Waals surface area contributed by atoms with Crippen LogP contribution in [0.25, 0.3) is 0 Å². The van der Waals surface area contributed by atoms with E-state index in [1.165, 1.54) is 0 Å². The van der Waals surface area contributed by atoms with Gasteiger partial charge in [-0.2, -0.15) is 0 Å². The van der Waals surface area contributed by atoms with Crippen molar-refractivity contribution >= 4 is 35.1 Å². The summed E-state index contributed by atoms with van der Waals surface area (Å²) >= 11 is 11.9. The minimum absolute atomic E-state index is 0.0519. The first-order valence-electron chi connectivity index (χ1n) is 8.46. The maximum atomic E-state index is 12.4. The van der Waals surface area contributed by atoms with Crippen LogP contribution in [0.5, 0.6) is 5.75 Å². The van der Waals surface area contributed by atoms with Gasteiger partial charge in [-0.1, -0.05) is 36.0 Å². The molecule has 25 heavy (non-hydrogen) atoms. The fourth-order valence-electron chi connectivity index (χ4n) is 3.22.